The summed E-state index contributed by atoms with van der Waals surface area (Å²) in [6, 6.07) is 15.9. The highest BCUT2D eigenvalue weighted by Gasteiger charge is 2.15. The Morgan fingerprint density at radius 2 is 1.75 bits per heavy atom. The lowest BCUT2D eigenvalue weighted by molar-refractivity contribution is 0.0951. The Kier molecular flexibility index (Phi) is 6.06. The van der Waals surface area contributed by atoms with E-state index >= 15 is 0 Å². The maximum absolute atomic E-state index is 12.6. The lowest BCUT2D eigenvalue weighted by Gasteiger charge is -2.19. The van der Waals surface area contributed by atoms with Crippen molar-refractivity contribution in [3.05, 3.63) is 89.2 Å². The Bertz CT molecular complexity index is 1040. The Morgan fingerprint density at radius 1 is 1.00 bits per heavy atom. The molecule has 0 aliphatic heterocycles. The van der Waals surface area contributed by atoms with Crippen molar-refractivity contribution in [2.75, 3.05) is 4.31 Å². The van der Waals surface area contributed by atoms with Gasteiger partial charge in [0.05, 0.1) is 11.4 Å². The van der Waals surface area contributed by atoms with Crippen molar-refractivity contribution in [1.82, 2.24) is 10.3 Å². The van der Waals surface area contributed by atoms with Gasteiger partial charge in [-0.1, -0.05) is 23.8 Å². The number of rotatable bonds is 6. The van der Waals surface area contributed by atoms with Crippen molar-refractivity contribution < 1.29 is 13.2 Å². The van der Waals surface area contributed by atoms with Gasteiger partial charge >= 0.3 is 0 Å². The van der Waals surface area contributed by atoms with Crippen LogP contribution in [-0.2, 0) is 17.4 Å². The first-order valence-corrected chi connectivity index (χ1v) is 9.87. The van der Waals surface area contributed by atoms with Gasteiger partial charge in [-0.2, -0.15) is 0 Å². The predicted molar refractivity (Wildman–Crippen MR) is 110 cm³/mol. The van der Waals surface area contributed by atoms with Gasteiger partial charge < -0.3 is 5.32 Å². The maximum Gasteiger partial charge on any atom is 0.251 e. The molecule has 0 bridgehead atoms. The largest absolute Gasteiger partial charge is 0.348 e. The smallest absolute Gasteiger partial charge is 0.251 e. The third kappa shape index (κ3) is 4.75. The van der Waals surface area contributed by atoms with E-state index in [1.165, 1.54) is 4.31 Å². The van der Waals surface area contributed by atoms with E-state index in [1.54, 1.807) is 48.8 Å². The molecular weight excluding hydrogens is 374 g/mol. The van der Waals surface area contributed by atoms with E-state index in [1.807, 2.05) is 32.0 Å². The topological polar surface area (TPSA) is 79.4 Å². The Labute approximate surface area is 165 Å². The van der Waals surface area contributed by atoms with Gasteiger partial charge in [0.1, 0.15) is 0 Å². The molecule has 1 aromatic heterocycles. The van der Waals surface area contributed by atoms with Gasteiger partial charge in [-0.05, 0) is 61.4 Å². The zero-order valence-corrected chi connectivity index (χ0v) is 16.5. The second-order valence-electron chi connectivity index (χ2n) is 6.49. The molecule has 3 aromatic rings. The van der Waals surface area contributed by atoms with Crippen molar-refractivity contribution >= 4 is 28.2 Å². The van der Waals surface area contributed by atoms with Crippen LogP contribution in [0.1, 0.15) is 27.0 Å². The molecule has 0 spiro atoms. The van der Waals surface area contributed by atoms with Crippen LogP contribution in [0, 0.1) is 13.8 Å². The minimum absolute atomic E-state index is 0.279. The number of aryl methyl sites for hydroxylation is 2. The second-order valence-corrected chi connectivity index (χ2v) is 7.36. The highest BCUT2D eigenvalue weighted by Crippen LogP contribution is 2.28. The van der Waals surface area contributed by atoms with Crippen molar-refractivity contribution in [2.24, 2.45) is 0 Å². The molecule has 6 nitrogen and oxygen atoms in total. The summed E-state index contributed by atoms with van der Waals surface area (Å²) in [6.45, 7) is 4.10. The van der Waals surface area contributed by atoms with E-state index in [0.29, 0.717) is 23.5 Å². The molecule has 1 amide bonds. The van der Waals surface area contributed by atoms with Crippen LogP contribution in [0.3, 0.4) is 0 Å². The zero-order valence-electron chi connectivity index (χ0n) is 15.6. The van der Waals surface area contributed by atoms with Crippen molar-refractivity contribution in [3.63, 3.8) is 0 Å². The van der Waals surface area contributed by atoms with Crippen LogP contribution in [0.4, 0.5) is 11.4 Å². The van der Waals surface area contributed by atoms with E-state index in [4.69, 9.17) is 0 Å². The molecule has 0 aliphatic rings. The van der Waals surface area contributed by atoms with Gasteiger partial charge in [-0.3, -0.25) is 9.78 Å². The molecule has 2 aromatic carbocycles. The number of pyridine rings is 1. The molecule has 0 aliphatic carbocycles. The van der Waals surface area contributed by atoms with Crippen LogP contribution in [-0.4, -0.2) is 19.3 Å². The fourth-order valence-electron chi connectivity index (χ4n) is 2.83. The average molecular weight is 395 g/mol. The predicted octanol–water partition coefficient (Wildman–Crippen LogP) is 3.29. The van der Waals surface area contributed by atoms with Crippen LogP contribution in [0.2, 0.25) is 0 Å². The van der Waals surface area contributed by atoms with Crippen molar-refractivity contribution in [1.29, 1.82) is 0 Å². The van der Waals surface area contributed by atoms with Crippen LogP contribution in [0.15, 0.2) is 67.0 Å². The molecule has 144 valence electrons. The van der Waals surface area contributed by atoms with E-state index in [0.717, 1.165) is 16.7 Å². The summed E-state index contributed by atoms with van der Waals surface area (Å²) in [5, 5.41) is 2.84. The van der Waals surface area contributed by atoms with Crippen LogP contribution in [0.25, 0.3) is 0 Å². The molecule has 28 heavy (non-hydrogen) atoms. The molecule has 3 rings (SSSR count). The molecule has 0 atom stereocenters. The summed E-state index contributed by atoms with van der Waals surface area (Å²) in [5.41, 5.74) is 4.04. The van der Waals surface area contributed by atoms with Crippen LogP contribution >= 0.6 is 0 Å². The Balaban J connectivity index is 1.88. The zero-order chi connectivity index (χ0) is 20.1. The standard InChI is InChI=1S/C21H21N3O3S/c1-15-5-7-19(8-6-15)24(28(26)27)20-11-16(2)10-18(12-20)21(25)23-14-17-4-3-9-22-13-17/h3-13,28H,14H2,1-2H3,(H,23,25). The number of carbonyl (C=O) groups excluding carboxylic acids is 1. The van der Waals surface area contributed by atoms with E-state index < -0.39 is 10.9 Å². The summed E-state index contributed by atoms with van der Waals surface area (Å²) in [5.74, 6) is -0.279. The molecule has 0 unspecified atom stereocenters. The minimum atomic E-state index is -2.92. The highest BCUT2D eigenvalue weighted by atomic mass is 32.2. The molecule has 0 saturated heterocycles. The van der Waals surface area contributed by atoms with Gasteiger partial charge in [-0.25, -0.2) is 12.7 Å². The number of hydrogen-bond acceptors (Lipinski definition) is 4. The fourth-order valence-corrected chi connectivity index (χ4v) is 3.45. The number of hydrogen-bond donors (Lipinski definition) is 2. The monoisotopic (exact) mass is 395 g/mol. The van der Waals surface area contributed by atoms with Gasteiger partial charge in [0.15, 0.2) is 0 Å². The maximum atomic E-state index is 12.6. The lowest BCUT2D eigenvalue weighted by atomic mass is 10.1. The van der Waals surface area contributed by atoms with Crippen molar-refractivity contribution in [3.8, 4) is 0 Å². The number of carbonyl (C=O) groups is 1. The summed E-state index contributed by atoms with van der Waals surface area (Å²) < 4.78 is 25.1. The summed E-state index contributed by atoms with van der Waals surface area (Å²) in [7, 11) is -2.92. The number of aromatic nitrogens is 1. The number of nitrogens with zero attached hydrogens (tertiary/aromatic N) is 2. The lowest BCUT2D eigenvalue weighted by Crippen LogP contribution is -2.23. The molecular formula is C21H21N3O3S. The summed E-state index contributed by atoms with van der Waals surface area (Å²) in [6.07, 6.45) is 3.35. The Morgan fingerprint density at radius 3 is 2.39 bits per heavy atom. The first-order chi connectivity index (χ1) is 13.4. The minimum Gasteiger partial charge on any atom is -0.348 e. The summed E-state index contributed by atoms with van der Waals surface area (Å²) >= 11 is 0. The second kappa shape index (κ2) is 8.67. The molecule has 1 heterocycles. The third-order valence-electron chi connectivity index (χ3n) is 4.19. The van der Waals surface area contributed by atoms with Gasteiger partial charge in [0.2, 0.25) is 10.9 Å². The number of amides is 1. The van der Waals surface area contributed by atoms with Crippen molar-refractivity contribution in [2.45, 2.75) is 20.4 Å². The first-order valence-electron chi connectivity index (χ1n) is 8.74. The van der Waals surface area contributed by atoms with E-state index in [2.05, 4.69) is 10.3 Å². The molecule has 1 N–H and O–H groups in total. The summed E-state index contributed by atoms with van der Waals surface area (Å²) in [4.78, 5) is 16.6. The molecule has 7 heteroatoms. The average Bonchev–Trinajstić information content (AvgIpc) is 2.68. The van der Waals surface area contributed by atoms with E-state index in [9.17, 15) is 13.2 Å². The quantitative estimate of drug-likeness (QED) is 0.628. The number of nitrogens with one attached hydrogen (secondary N) is 1. The SMILES string of the molecule is Cc1ccc(N(c2cc(C)cc(C(=O)NCc3cccnc3)c2)[SH](=O)=O)cc1. The molecule has 0 fully saturated rings. The molecule has 0 radical (unpaired) electrons. The highest BCUT2D eigenvalue weighted by molar-refractivity contribution is 7.74. The number of thiol groups is 1. The number of anilines is 2. The van der Waals surface area contributed by atoms with Gasteiger partial charge in [0, 0.05) is 24.5 Å². The van der Waals surface area contributed by atoms with Gasteiger partial charge in [0.25, 0.3) is 5.91 Å². The number of benzene rings is 2. The van der Waals surface area contributed by atoms with Gasteiger partial charge in [-0.15, -0.1) is 0 Å². The van der Waals surface area contributed by atoms with Crippen LogP contribution in [0.5, 0.6) is 0 Å². The third-order valence-corrected chi connectivity index (χ3v) is 4.98. The first kappa shape index (κ1) is 19.6. The van der Waals surface area contributed by atoms with Crippen LogP contribution < -0.4 is 9.62 Å². The Hall–Kier alpha value is -3.19. The van der Waals surface area contributed by atoms with E-state index in [-0.39, 0.29) is 5.91 Å². The molecule has 0 saturated carbocycles. The normalized spacial score (nSPS) is 10.7. The fraction of sp³-hybridized carbons (Fsp3) is 0.143.